The number of rotatable bonds is 3. The monoisotopic (exact) mass is 258 g/mol. The van der Waals surface area contributed by atoms with Crippen LogP contribution in [0.25, 0.3) is 0 Å². The molecule has 1 unspecified atom stereocenters. The smallest absolute Gasteiger partial charge is 0.240 e. The molecule has 1 aromatic carbocycles. The molecule has 0 saturated carbocycles. The summed E-state index contributed by atoms with van der Waals surface area (Å²) < 4.78 is 5.22. The van der Waals surface area contributed by atoms with Gasteiger partial charge in [-0.05, 0) is 24.5 Å². The number of hydrogen-bond acceptors (Lipinski definition) is 3. The molecule has 1 heterocycles. The fourth-order valence-corrected chi connectivity index (χ4v) is 2.25. The average molecular weight is 258 g/mol. The number of carbonyl (C=O) groups excluding carboxylic acids is 1. The van der Waals surface area contributed by atoms with Crippen molar-refractivity contribution in [1.29, 1.82) is 5.26 Å². The maximum absolute atomic E-state index is 12.3. The Labute approximate surface area is 113 Å². The first kappa shape index (κ1) is 13.6. The van der Waals surface area contributed by atoms with Crippen molar-refractivity contribution in [2.24, 2.45) is 5.92 Å². The Morgan fingerprint density at radius 3 is 2.74 bits per heavy atom. The zero-order valence-corrected chi connectivity index (χ0v) is 11.1. The molecular weight excluding hydrogens is 240 g/mol. The molecule has 1 amide bonds. The lowest BCUT2D eigenvalue weighted by atomic mass is 9.96. The second kappa shape index (κ2) is 6.35. The number of amides is 1. The Bertz CT molecular complexity index is 487. The molecule has 1 fully saturated rings. The number of morpholine rings is 1. The molecule has 2 rings (SSSR count). The number of nitriles is 1. The Balaban J connectivity index is 2.06. The summed E-state index contributed by atoms with van der Waals surface area (Å²) in [5, 5.41) is 9.25. The highest BCUT2D eigenvalue weighted by atomic mass is 16.5. The fraction of sp³-hybridized carbons (Fsp3) is 0.467. The van der Waals surface area contributed by atoms with Gasteiger partial charge in [0.1, 0.15) is 5.92 Å². The van der Waals surface area contributed by atoms with Gasteiger partial charge in [-0.3, -0.25) is 4.79 Å². The van der Waals surface area contributed by atoms with Gasteiger partial charge < -0.3 is 9.64 Å². The lowest BCUT2D eigenvalue weighted by Crippen LogP contribution is -2.44. The average Bonchev–Trinajstić information content (AvgIpc) is 2.47. The Morgan fingerprint density at radius 1 is 1.42 bits per heavy atom. The van der Waals surface area contributed by atoms with Gasteiger partial charge in [-0.25, -0.2) is 0 Å². The molecule has 19 heavy (non-hydrogen) atoms. The molecule has 1 saturated heterocycles. The van der Waals surface area contributed by atoms with Crippen LogP contribution in [0.4, 0.5) is 0 Å². The van der Waals surface area contributed by atoms with Crippen molar-refractivity contribution in [3.63, 3.8) is 0 Å². The minimum Gasteiger partial charge on any atom is -0.378 e. The van der Waals surface area contributed by atoms with Gasteiger partial charge in [-0.2, -0.15) is 5.26 Å². The zero-order chi connectivity index (χ0) is 13.7. The van der Waals surface area contributed by atoms with Crippen molar-refractivity contribution >= 4 is 5.91 Å². The molecule has 1 atom stereocenters. The summed E-state index contributed by atoms with van der Waals surface area (Å²) in [5.74, 6) is -0.673. The predicted octanol–water partition coefficient (Wildman–Crippen LogP) is 1.54. The first-order valence-electron chi connectivity index (χ1n) is 6.53. The van der Waals surface area contributed by atoms with Crippen LogP contribution in [0.5, 0.6) is 0 Å². The second-order valence-corrected chi connectivity index (χ2v) is 4.75. The molecule has 4 nitrogen and oxygen atoms in total. The van der Waals surface area contributed by atoms with E-state index in [1.807, 2.05) is 31.2 Å². The molecular formula is C15H18N2O2. The number of aryl methyl sites for hydroxylation is 1. The van der Waals surface area contributed by atoms with Gasteiger partial charge in [0.2, 0.25) is 5.91 Å². The van der Waals surface area contributed by atoms with Gasteiger partial charge in [0, 0.05) is 13.1 Å². The van der Waals surface area contributed by atoms with Crippen molar-refractivity contribution in [2.45, 2.75) is 13.3 Å². The van der Waals surface area contributed by atoms with Crippen LogP contribution in [0.15, 0.2) is 24.3 Å². The maximum Gasteiger partial charge on any atom is 0.240 e. The number of nitrogens with zero attached hydrogens (tertiary/aromatic N) is 2. The third-order valence-corrected chi connectivity index (χ3v) is 3.46. The Kier molecular flexibility index (Phi) is 4.53. The van der Waals surface area contributed by atoms with Gasteiger partial charge >= 0.3 is 0 Å². The molecule has 0 bridgehead atoms. The fourth-order valence-electron chi connectivity index (χ4n) is 2.25. The van der Waals surface area contributed by atoms with Crippen molar-refractivity contribution < 1.29 is 9.53 Å². The third-order valence-electron chi connectivity index (χ3n) is 3.46. The summed E-state index contributed by atoms with van der Waals surface area (Å²) >= 11 is 0. The van der Waals surface area contributed by atoms with Gasteiger partial charge in [0.15, 0.2) is 0 Å². The number of hydrogen-bond donors (Lipinski definition) is 0. The molecule has 0 aliphatic carbocycles. The largest absolute Gasteiger partial charge is 0.378 e. The van der Waals surface area contributed by atoms with E-state index in [4.69, 9.17) is 4.74 Å². The van der Waals surface area contributed by atoms with Crippen LogP contribution in [0.1, 0.15) is 11.1 Å². The van der Waals surface area contributed by atoms with Crippen LogP contribution in [-0.4, -0.2) is 37.1 Å². The summed E-state index contributed by atoms with van der Waals surface area (Å²) in [6.07, 6.45) is 0.485. The highest BCUT2D eigenvalue weighted by Gasteiger charge is 2.26. The maximum atomic E-state index is 12.3. The molecule has 1 aliphatic rings. The standard InChI is InChI=1S/C15H18N2O2/c1-12-4-2-3-5-13(12)10-14(11-16)15(18)17-6-8-19-9-7-17/h2-5,14H,6-10H2,1H3. The van der Waals surface area contributed by atoms with E-state index in [0.717, 1.165) is 11.1 Å². The normalized spacial score (nSPS) is 16.7. The lowest BCUT2D eigenvalue weighted by molar-refractivity contribution is -0.137. The van der Waals surface area contributed by atoms with Crippen LogP contribution in [0, 0.1) is 24.2 Å². The summed E-state index contributed by atoms with van der Waals surface area (Å²) in [7, 11) is 0. The highest BCUT2D eigenvalue weighted by Crippen LogP contribution is 2.15. The van der Waals surface area contributed by atoms with Gasteiger partial charge in [0.05, 0.1) is 19.3 Å². The number of ether oxygens (including phenoxy) is 1. The molecule has 0 N–H and O–H groups in total. The van der Waals surface area contributed by atoms with Gasteiger partial charge in [-0.15, -0.1) is 0 Å². The summed E-state index contributed by atoms with van der Waals surface area (Å²) in [6.45, 7) is 4.31. The minimum atomic E-state index is -0.598. The molecule has 0 aromatic heterocycles. The predicted molar refractivity (Wildman–Crippen MR) is 71.4 cm³/mol. The van der Waals surface area contributed by atoms with Gasteiger partial charge in [-0.1, -0.05) is 24.3 Å². The summed E-state index contributed by atoms with van der Waals surface area (Å²) in [6, 6.07) is 10.0. The van der Waals surface area contributed by atoms with Crippen LogP contribution in [-0.2, 0) is 16.0 Å². The molecule has 0 radical (unpaired) electrons. The second-order valence-electron chi connectivity index (χ2n) is 4.75. The SMILES string of the molecule is Cc1ccccc1CC(C#N)C(=O)N1CCOCC1. The molecule has 100 valence electrons. The first-order chi connectivity index (χ1) is 9.22. The van der Waals surface area contributed by atoms with Crippen molar-refractivity contribution in [2.75, 3.05) is 26.3 Å². The van der Waals surface area contributed by atoms with Crippen LogP contribution in [0.3, 0.4) is 0 Å². The van der Waals surface area contributed by atoms with E-state index in [9.17, 15) is 10.1 Å². The van der Waals surface area contributed by atoms with Crippen molar-refractivity contribution in [1.82, 2.24) is 4.90 Å². The van der Waals surface area contributed by atoms with E-state index in [-0.39, 0.29) is 5.91 Å². The number of carbonyl (C=O) groups is 1. The molecule has 1 aliphatic heterocycles. The minimum absolute atomic E-state index is 0.0750. The van der Waals surface area contributed by atoms with E-state index in [1.54, 1.807) is 4.90 Å². The van der Waals surface area contributed by atoms with Crippen molar-refractivity contribution in [3.8, 4) is 6.07 Å². The van der Waals surface area contributed by atoms with Crippen LogP contribution in [0.2, 0.25) is 0 Å². The Morgan fingerprint density at radius 2 is 2.11 bits per heavy atom. The van der Waals surface area contributed by atoms with E-state index >= 15 is 0 Å². The van der Waals surface area contributed by atoms with Crippen LogP contribution < -0.4 is 0 Å². The molecule has 4 heteroatoms. The van der Waals surface area contributed by atoms with E-state index in [1.165, 1.54) is 0 Å². The third kappa shape index (κ3) is 3.33. The summed E-state index contributed by atoms with van der Waals surface area (Å²) in [5.41, 5.74) is 2.19. The quantitative estimate of drug-likeness (QED) is 0.826. The zero-order valence-electron chi connectivity index (χ0n) is 11.1. The van der Waals surface area contributed by atoms with Crippen LogP contribution >= 0.6 is 0 Å². The molecule has 1 aromatic rings. The van der Waals surface area contributed by atoms with E-state index in [2.05, 4.69) is 6.07 Å². The number of benzene rings is 1. The Hall–Kier alpha value is -1.86. The topological polar surface area (TPSA) is 53.3 Å². The van der Waals surface area contributed by atoms with E-state index < -0.39 is 5.92 Å². The first-order valence-corrected chi connectivity index (χ1v) is 6.53. The highest BCUT2D eigenvalue weighted by molar-refractivity contribution is 5.81. The lowest BCUT2D eigenvalue weighted by Gasteiger charge is -2.28. The van der Waals surface area contributed by atoms with Crippen molar-refractivity contribution in [3.05, 3.63) is 35.4 Å². The van der Waals surface area contributed by atoms with E-state index in [0.29, 0.717) is 32.7 Å². The van der Waals surface area contributed by atoms with Gasteiger partial charge in [0.25, 0.3) is 0 Å². The molecule has 0 spiro atoms. The summed E-state index contributed by atoms with van der Waals surface area (Å²) in [4.78, 5) is 14.0.